The van der Waals surface area contributed by atoms with E-state index < -0.39 is 12.1 Å². The van der Waals surface area contributed by atoms with Gasteiger partial charge in [0, 0.05) is 17.0 Å². The molecule has 5 nitrogen and oxygen atoms in total. The molecule has 0 saturated heterocycles. The molecule has 1 atom stereocenters. The van der Waals surface area contributed by atoms with Crippen LogP contribution < -0.4 is 5.32 Å². The summed E-state index contributed by atoms with van der Waals surface area (Å²) in [5.41, 5.74) is 2.64. The third-order valence-electron chi connectivity index (χ3n) is 5.03. The number of aryl methyl sites for hydroxylation is 1. The van der Waals surface area contributed by atoms with Crippen molar-refractivity contribution in [2.24, 2.45) is 0 Å². The molecule has 1 aliphatic rings. The number of carbonyl (C=O) groups is 2. The highest BCUT2D eigenvalue weighted by Gasteiger charge is 2.22. The fourth-order valence-corrected chi connectivity index (χ4v) is 3.52. The van der Waals surface area contributed by atoms with Gasteiger partial charge in [0.1, 0.15) is 5.58 Å². The summed E-state index contributed by atoms with van der Waals surface area (Å²) in [7, 11) is 0. The molecule has 0 unspecified atom stereocenters. The standard InChI is InChI=1S/C21H27NO4/c1-14-9-10-18-16(13-25-19(18)11-14)12-20(23)26-15(2)21(24)22-17-7-5-3-4-6-8-17/h9-11,13,15,17H,3-8,12H2,1-2H3,(H,22,24)/t15-/m0/s1. The molecule has 1 fully saturated rings. The first-order chi connectivity index (χ1) is 12.5. The van der Waals surface area contributed by atoms with Crippen molar-refractivity contribution in [1.29, 1.82) is 0 Å². The second kappa shape index (κ2) is 8.39. The van der Waals surface area contributed by atoms with Crippen molar-refractivity contribution in [3.63, 3.8) is 0 Å². The van der Waals surface area contributed by atoms with Crippen LogP contribution in [0, 0.1) is 6.92 Å². The second-order valence-electron chi connectivity index (χ2n) is 7.27. The maximum atomic E-state index is 12.3. The van der Waals surface area contributed by atoms with E-state index in [1.54, 1.807) is 13.2 Å². The van der Waals surface area contributed by atoms with Gasteiger partial charge in [0.2, 0.25) is 0 Å². The van der Waals surface area contributed by atoms with E-state index in [0.717, 1.165) is 47.8 Å². The van der Waals surface area contributed by atoms with Crippen LogP contribution in [0.1, 0.15) is 56.6 Å². The lowest BCUT2D eigenvalue weighted by molar-refractivity contribution is -0.154. The van der Waals surface area contributed by atoms with E-state index in [2.05, 4.69) is 5.32 Å². The van der Waals surface area contributed by atoms with Crippen molar-refractivity contribution < 1.29 is 18.7 Å². The lowest BCUT2D eigenvalue weighted by Gasteiger charge is -2.19. The minimum Gasteiger partial charge on any atom is -0.464 e. The Morgan fingerprint density at radius 1 is 1.23 bits per heavy atom. The first kappa shape index (κ1) is 18.5. The Morgan fingerprint density at radius 2 is 1.96 bits per heavy atom. The van der Waals surface area contributed by atoms with Crippen LogP contribution in [0.3, 0.4) is 0 Å². The van der Waals surface area contributed by atoms with E-state index in [1.807, 2.05) is 25.1 Å². The van der Waals surface area contributed by atoms with Gasteiger partial charge in [-0.2, -0.15) is 0 Å². The van der Waals surface area contributed by atoms with Gasteiger partial charge in [0.15, 0.2) is 6.10 Å². The number of ether oxygens (including phenoxy) is 1. The predicted octanol–water partition coefficient (Wildman–Crippen LogP) is 4.05. The molecular formula is C21H27NO4. The van der Waals surface area contributed by atoms with Gasteiger partial charge in [-0.3, -0.25) is 9.59 Å². The largest absolute Gasteiger partial charge is 0.464 e. The third-order valence-corrected chi connectivity index (χ3v) is 5.03. The van der Waals surface area contributed by atoms with Crippen molar-refractivity contribution in [3.05, 3.63) is 35.6 Å². The van der Waals surface area contributed by atoms with Gasteiger partial charge in [0.25, 0.3) is 5.91 Å². The number of benzene rings is 1. The van der Waals surface area contributed by atoms with Crippen LogP contribution in [0.25, 0.3) is 11.0 Å². The molecule has 0 radical (unpaired) electrons. The zero-order chi connectivity index (χ0) is 18.5. The second-order valence-corrected chi connectivity index (χ2v) is 7.27. The predicted molar refractivity (Wildman–Crippen MR) is 99.8 cm³/mol. The Hall–Kier alpha value is -2.30. The summed E-state index contributed by atoms with van der Waals surface area (Å²) in [6.07, 6.45) is 7.66. The van der Waals surface area contributed by atoms with Gasteiger partial charge in [-0.25, -0.2) is 0 Å². The highest BCUT2D eigenvalue weighted by molar-refractivity contribution is 5.88. The lowest BCUT2D eigenvalue weighted by atomic mass is 10.1. The summed E-state index contributed by atoms with van der Waals surface area (Å²) in [5.74, 6) is -0.630. The van der Waals surface area contributed by atoms with E-state index in [-0.39, 0.29) is 18.4 Å². The van der Waals surface area contributed by atoms with Crippen LogP contribution in [0.5, 0.6) is 0 Å². The topological polar surface area (TPSA) is 68.5 Å². The van der Waals surface area contributed by atoms with Crippen LogP contribution in [0.15, 0.2) is 28.9 Å². The summed E-state index contributed by atoms with van der Waals surface area (Å²) < 4.78 is 10.8. The van der Waals surface area contributed by atoms with Crippen molar-refractivity contribution in [2.75, 3.05) is 0 Å². The number of fused-ring (bicyclic) bond motifs is 1. The third kappa shape index (κ3) is 4.65. The van der Waals surface area contributed by atoms with Crippen molar-refractivity contribution >= 4 is 22.8 Å². The smallest absolute Gasteiger partial charge is 0.311 e. The fourth-order valence-electron chi connectivity index (χ4n) is 3.52. The molecule has 2 aromatic rings. The minimum absolute atomic E-state index is 0.0944. The van der Waals surface area contributed by atoms with E-state index in [4.69, 9.17) is 9.15 Å². The molecule has 140 valence electrons. The molecule has 3 rings (SSSR count). The number of furan rings is 1. The SMILES string of the molecule is Cc1ccc2c(CC(=O)O[C@@H](C)C(=O)NC3CCCCCC3)coc2c1. The number of carbonyl (C=O) groups excluding carboxylic acids is 2. The van der Waals surface area contributed by atoms with E-state index in [9.17, 15) is 9.59 Å². The van der Waals surface area contributed by atoms with Crippen molar-refractivity contribution in [1.82, 2.24) is 5.32 Å². The van der Waals surface area contributed by atoms with Gasteiger partial charge < -0.3 is 14.5 Å². The molecule has 1 N–H and O–H groups in total. The Kier molecular flexibility index (Phi) is 5.96. The number of amides is 1. The van der Waals surface area contributed by atoms with Crippen LogP contribution >= 0.6 is 0 Å². The monoisotopic (exact) mass is 357 g/mol. The van der Waals surface area contributed by atoms with Gasteiger partial charge in [-0.1, -0.05) is 37.8 Å². The maximum absolute atomic E-state index is 12.3. The minimum atomic E-state index is -0.786. The summed E-state index contributed by atoms with van der Waals surface area (Å²) in [4.78, 5) is 24.5. The number of hydrogen-bond acceptors (Lipinski definition) is 4. The Bertz CT molecular complexity index is 771. The number of hydrogen-bond donors (Lipinski definition) is 1. The van der Waals surface area contributed by atoms with Crippen LogP contribution in [0.4, 0.5) is 0 Å². The Morgan fingerprint density at radius 3 is 2.69 bits per heavy atom. The summed E-state index contributed by atoms with van der Waals surface area (Å²) in [6.45, 7) is 3.62. The highest BCUT2D eigenvalue weighted by Crippen LogP contribution is 2.23. The van der Waals surface area contributed by atoms with E-state index in [0.29, 0.717) is 0 Å². The molecule has 0 bridgehead atoms. The summed E-state index contributed by atoms with van der Waals surface area (Å²) in [5, 5.41) is 3.93. The van der Waals surface area contributed by atoms with E-state index >= 15 is 0 Å². The zero-order valence-corrected chi connectivity index (χ0v) is 15.5. The molecule has 1 heterocycles. The Balaban J connectivity index is 1.53. The van der Waals surface area contributed by atoms with Crippen LogP contribution in [-0.4, -0.2) is 24.0 Å². The highest BCUT2D eigenvalue weighted by atomic mass is 16.5. The summed E-state index contributed by atoms with van der Waals surface area (Å²) in [6, 6.07) is 6.06. The number of esters is 1. The number of nitrogens with one attached hydrogen (secondary N) is 1. The molecule has 1 aromatic carbocycles. The fraction of sp³-hybridized carbons (Fsp3) is 0.524. The molecule has 5 heteroatoms. The molecule has 1 aromatic heterocycles. The molecule has 26 heavy (non-hydrogen) atoms. The molecule has 1 aliphatic carbocycles. The van der Waals surface area contributed by atoms with Gasteiger partial charge in [-0.15, -0.1) is 0 Å². The quantitative estimate of drug-likeness (QED) is 0.647. The summed E-state index contributed by atoms with van der Waals surface area (Å²) >= 11 is 0. The molecular weight excluding hydrogens is 330 g/mol. The molecule has 0 spiro atoms. The van der Waals surface area contributed by atoms with Crippen molar-refractivity contribution in [2.45, 2.75) is 70.9 Å². The van der Waals surface area contributed by atoms with E-state index in [1.165, 1.54) is 12.8 Å². The first-order valence-electron chi connectivity index (χ1n) is 9.49. The molecule has 0 aliphatic heterocycles. The maximum Gasteiger partial charge on any atom is 0.311 e. The van der Waals surface area contributed by atoms with Crippen LogP contribution in [0.2, 0.25) is 0 Å². The van der Waals surface area contributed by atoms with Gasteiger partial charge in [0.05, 0.1) is 12.7 Å². The number of rotatable bonds is 5. The normalized spacial score (nSPS) is 16.8. The van der Waals surface area contributed by atoms with Gasteiger partial charge >= 0.3 is 5.97 Å². The average molecular weight is 357 g/mol. The zero-order valence-electron chi connectivity index (χ0n) is 15.5. The first-order valence-corrected chi connectivity index (χ1v) is 9.49. The lowest BCUT2D eigenvalue weighted by Crippen LogP contribution is -2.42. The van der Waals surface area contributed by atoms with Crippen LogP contribution in [-0.2, 0) is 20.7 Å². The molecule has 1 saturated carbocycles. The van der Waals surface area contributed by atoms with Crippen molar-refractivity contribution in [3.8, 4) is 0 Å². The van der Waals surface area contributed by atoms with Gasteiger partial charge in [-0.05, 0) is 38.3 Å². The Labute approximate surface area is 154 Å². The molecule has 1 amide bonds. The average Bonchev–Trinajstić information content (AvgIpc) is 2.81.